The Balaban J connectivity index is 3.59. The number of allylic oxidation sites excluding steroid dienone is 2. The first-order chi connectivity index (χ1) is 16.6. The number of rotatable bonds is 24. The summed E-state index contributed by atoms with van der Waals surface area (Å²) in [5.41, 5.74) is 0. The highest BCUT2D eigenvalue weighted by molar-refractivity contribution is 7.45. The number of ether oxygens (including phenoxy) is 1. The summed E-state index contributed by atoms with van der Waals surface area (Å²) in [6.07, 6.45) is 19.1. The zero-order valence-corrected chi connectivity index (χ0v) is 23.6. The Morgan fingerprint density at radius 1 is 0.886 bits per heavy atom. The number of phosphoric ester groups is 1. The van der Waals surface area contributed by atoms with Crippen molar-refractivity contribution in [3.05, 3.63) is 12.2 Å². The van der Waals surface area contributed by atoms with E-state index in [2.05, 4.69) is 23.6 Å². The van der Waals surface area contributed by atoms with E-state index in [4.69, 9.17) is 9.26 Å². The molecule has 0 saturated heterocycles. The molecular formula is C26H52NO7P. The standard InChI is InChI=1S/C26H52NO7P/c1-5-6-7-8-9-10-11-12-13-14-15-16-17-18-19-20-26(29)32-23-25(28)24-34-35(30,31)33-22-21-27(2,3)4/h12-13,25,28H,5-11,14-24H2,1-4H3/b13-12+/t25-/m0/s1. The number of aliphatic hydroxyl groups excluding tert-OH is 1. The van der Waals surface area contributed by atoms with Crippen LogP contribution in [0, 0.1) is 0 Å². The van der Waals surface area contributed by atoms with Crippen LogP contribution in [0.2, 0.25) is 0 Å². The summed E-state index contributed by atoms with van der Waals surface area (Å²) >= 11 is 0. The topological polar surface area (TPSA) is 105 Å². The van der Waals surface area contributed by atoms with Crippen LogP contribution >= 0.6 is 7.82 Å². The van der Waals surface area contributed by atoms with Gasteiger partial charge in [0.2, 0.25) is 0 Å². The highest BCUT2D eigenvalue weighted by atomic mass is 31.2. The van der Waals surface area contributed by atoms with Crippen molar-refractivity contribution in [1.29, 1.82) is 0 Å². The van der Waals surface area contributed by atoms with Gasteiger partial charge in [0, 0.05) is 6.42 Å². The first-order valence-corrected chi connectivity index (χ1v) is 14.9. The first-order valence-electron chi connectivity index (χ1n) is 13.4. The maximum Gasteiger partial charge on any atom is 0.305 e. The van der Waals surface area contributed by atoms with Crippen LogP contribution in [-0.4, -0.2) is 69.2 Å². The van der Waals surface area contributed by atoms with E-state index in [-0.39, 0.29) is 13.2 Å². The van der Waals surface area contributed by atoms with Gasteiger partial charge in [0.25, 0.3) is 7.82 Å². The molecule has 8 nitrogen and oxygen atoms in total. The van der Waals surface area contributed by atoms with Gasteiger partial charge in [0.05, 0.1) is 27.7 Å². The molecule has 0 amide bonds. The number of hydrogen-bond donors (Lipinski definition) is 1. The summed E-state index contributed by atoms with van der Waals surface area (Å²) in [6.45, 7) is 1.92. The summed E-state index contributed by atoms with van der Waals surface area (Å²) < 4.78 is 26.6. The van der Waals surface area contributed by atoms with Gasteiger partial charge >= 0.3 is 5.97 Å². The molecule has 0 aromatic carbocycles. The molecule has 0 aliphatic carbocycles. The van der Waals surface area contributed by atoms with Gasteiger partial charge in [-0.2, -0.15) is 0 Å². The molecule has 0 bridgehead atoms. The Morgan fingerprint density at radius 3 is 2.00 bits per heavy atom. The van der Waals surface area contributed by atoms with Crippen LogP contribution in [0.15, 0.2) is 12.2 Å². The molecule has 2 atom stereocenters. The zero-order chi connectivity index (χ0) is 26.4. The smallest absolute Gasteiger partial charge is 0.305 e. The van der Waals surface area contributed by atoms with Gasteiger partial charge in [-0.3, -0.25) is 9.36 Å². The number of phosphoric acid groups is 1. The fraction of sp³-hybridized carbons (Fsp3) is 0.885. The Kier molecular flexibility index (Phi) is 20.9. The van der Waals surface area contributed by atoms with Crippen LogP contribution in [-0.2, 0) is 23.1 Å². The molecule has 0 spiro atoms. The number of carbonyl (C=O) groups excluding carboxylic acids is 1. The van der Waals surface area contributed by atoms with Crippen LogP contribution < -0.4 is 4.89 Å². The predicted octanol–water partition coefficient (Wildman–Crippen LogP) is 5.14. The van der Waals surface area contributed by atoms with Crippen molar-refractivity contribution < 1.29 is 37.6 Å². The lowest BCUT2D eigenvalue weighted by atomic mass is 10.1. The molecule has 0 radical (unpaired) electrons. The van der Waals surface area contributed by atoms with Gasteiger partial charge in [-0.05, 0) is 32.1 Å². The summed E-state index contributed by atoms with van der Waals surface area (Å²) in [5.74, 6) is -0.397. The second kappa shape index (κ2) is 21.3. The van der Waals surface area contributed by atoms with Gasteiger partial charge in [-0.15, -0.1) is 0 Å². The van der Waals surface area contributed by atoms with Crippen LogP contribution in [0.25, 0.3) is 0 Å². The monoisotopic (exact) mass is 521 g/mol. The van der Waals surface area contributed by atoms with Crippen LogP contribution in [0.3, 0.4) is 0 Å². The van der Waals surface area contributed by atoms with Crippen molar-refractivity contribution in [2.45, 2.75) is 103 Å². The molecule has 1 N–H and O–H groups in total. The fourth-order valence-electron chi connectivity index (χ4n) is 3.29. The van der Waals surface area contributed by atoms with E-state index in [1.807, 2.05) is 21.1 Å². The van der Waals surface area contributed by atoms with E-state index in [0.717, 1.165) is 32.1 Å². The number of nitrogens with zero attached hydrogens (tertiary/aromatic N) is 1. The number of likely N-dealkylation sites (N-methyl/N-ethyl adjacent to an activating group) is 1. The van der Waals surface area contributed by atoms with Crippen molar-refractivity contribution in [2.24, 2.45) is 0 Å². The Morgan fingerprint density at radius 2 is 1.43 bits per heavy atom. The minimum atomic E-state index is -4.49. The van der Waals surface area contributed by atoms with Gasteiger partial charge in [-0.25, -0.2) is 0 Å². The van der Waals surface area contributed by atoms with Crippen LogP contribution in [0.1, 0.15) is 96.8 Å². The van der Waals surface area contributed by atoms with Gasteiger partial charge in [-0.1, -0.05) is 70.4 Å². The zero-order valence-electron chi connectivity index (χ0n) is 22.8. The van der Waals surface area contributed by atoms with E-state index in [9.17, 15) is 19.4 Å². The van der Waals surface area contributed by atoms with Gasteiger partial charge < -0.3 is 28.3 Å². The van der Waals surface area contributed by atoms with E-state index in [1.165, 1.54) is 51.4 Å². The lowest BCUT2D eigenvalue weighted by Gasteiger charge is -2.27. The van der Waals surface area contributed by atoms with E-state index in [1.54, 1.807) is 0 Å². The van der Waals surface area contributed by atoms with E-state index < -0.39 is 26.5 Å². The molecule has 0 aromatic heterocycles. The number of quaternary nitrogens is 1. The molecular weight excluding hydrogens is 469 g/mol. The van der Waals surface area contributed by atoms with Crippen molar-refractivity contribution in [3.63, 3.8) is 0 Å². The third-order valence-electron chi connectivity index (χ3n) is 5.52. The maximum absolute atomic E-state index is 11.8. The predicted molar refractivity (Wildman–Crippen MR) is 139 cm³/mol. The molecule has 1 unspecified atom stereocenters. The maximum atomic E-state index is 11.8. The molecule has 0 heterocycles. The minimum Gasteiger partial charge on any atom is -0.756 e. The second-order valence-corrected chi connectivity index (χ2v) is 11.7. The molecule has 0 fully saturated rings. The summed E-state index contributed by atoms with van der Waals surface area (Å²) in [4.78, 5) is 23.5. The van der Waals surface area contributed by atoms with Gasteiger partial charge in [0.1, 0.15) is 25.9 Å². The first kappa shape index (κ1) is 34.2. The average Bonchev–Trinajstić information content (AvgIpc) is 2.78. The summed E-state index contributed by atoms with van der Waals surface area (Å²) in [7, 11) is 1.24. The van der Waals surface area contributed by atoms with Crippen molar-refractivity contribution in [2.75, 3.05) is 47.5 Å². The number of unbranched alkanes of at least 4 members (excludes halogenated alkanes) is 11. The Hall–Kier alpha value is -0.760. The van der Waals surface area contributed by atoms with Gasteiger partial charge in [0.15, 0.2) is 0 Å². The largest absolute Gasteiger partial charge is 0.756 e. The Labute approximate surface area is 214 Å². The molecule has 0 rings (SSSR count). The number of aliphatic hydroxyl groups is 1. The molecule has 0 aliphatic rings. The third-order valence-corrected chi connectivity index (χ3v) is 6.48. The highest BCUT2D eigenvalue weighted by Crippen LogP contribution is 2.38. The summed E-state index contributed by atoms with van der Waals surface area (Å²) in [6, 6.07) is 0. The number of esters is 1. The lowest BCUT2D eigenvalue weighted by molar-refractivity contribution is -0.870. The van der Waals surface area contributed by atoms with Crippen LogP contribution in [0.5, 0.6) is 0 Å². The second-order valence-electron chi connectivity index (χ2n) is 10.3. The molecule has 0 saturated carbocycles. The number of carbonyl (C=O) groups is 1. The van der Waals surface area contributed by atoms with Crippen molar-refractivity contribution >= 4 is 13.8 Å². The highest BCUT2D eigenvalue weighted by Gasteiger charge is 2.16. The average molecular weight is 522 g/mol. The number of hydrogen-bond acceptors (Lipinski definition) is 7. The third kappa shape index (κ3) is 26.1. The fourth-order valence-corrected chi connectivity index (χ4v) is 4.03. The molecule has 208 valence electrons. The lowest BCUT2D eigenvalue weighted by Crippen LogP contribution is -2.37. The van der Waals surface area contributed by atoms with Crippen LogP contribution in [0.4, 0.5) is 0 Å². The van der Waals surface area contributed by atoms with E-state index >= 15 is 0 Å². The molecule has 35 heavy (non-hydrogen) atoms. The quantitative estimate of drug-likeness (QED) is 0.0617. The molecule has 0 aromatic rings. The Bertz CT molecular complexity index is 593. The van der Waals surface area contributed by atoms with Crippen molar-refractivity contribution in [3.8, 4) is 0 Å². The van der Waals surface area contributed by atoms with E-state index in [0.29, 0.717) is 17.4 Å². The normalized spacial score (nSPS) is 14.8. The molecule has 0 aliphatic heterocycles. The van der Waals surface area contributed by atoms with Crippen molar-refractivity contribution in [1.82, 2.24) is 0 Å². The molecule has 9 heteroatoms. The SMILES string of the molecule is CCCCCCCC/C=C/CCCCCCCC(=O)OC[C@H](O)COP(=O)([O-])OCC[N+](C)(C)C. The summed E-state index contributed by atoms with van der Waals surface area (Å²) in [5, 5.41) is 9.79. The minimum absolute atomic E-state index is 0.00862.